The van der Waals surface area contributed by atoms with Gasteiger partial charge in [0.1, 0.15) is 19.3 Å². The van der Waals surface area contributed by atoms with Crippen molar-refractivity contribution in [1.82, 2.24) is 5.32 Å². The van der Waals surface area contributed by atoms with Crippen molar-refractivity contribution in [2.45, 2.75) is 245 Å². The van der Waals surface area contributed by atoms with Crippen molar-refractivity contribution in [1.29, 1.82) is 0 Å². The number of carbonyl (C=O) groups excluding carboxylic acids is 2. The minimum absolute atomic E-state index is 0.0252. The summed E-state index contributed by atoms with van der Waals surface area (Å²) in [6.45, 7) is 6.72. The smallest absolute Gasteiger partial charge is 0.456 e. The molecule has 3 unspecified atom stereocenters. The Labute approximate surface area is 467 Å². The standard InChI is InChI=1S/C66H113N2O7P/c1-7-10-13-16-19-22-25-27-29-31-32-33-34-35-36-37-39-41-44-47-50-53-56-59-66(70)75-64(57-54-51-48-45-42-24-21-18-15-12-9-3)63(62-74-76(71,72)73-61-60-68(4,5)6)67-65(69)58-55-52-49-46-43-40-38-30-28-26-23-20-17-14-11-8-2/h10-11,13-14,19-20,22-23,27-30,32-33,35-36,40,43,54,57,63-64H,7-9,12,15-18,21,24-26,31,34,37-39,41-42,44-53,55-56,58-62H2,1-6H3,(H-,67,69,71,72)/p+1/b13-10-,14-11+,22-19-,23-20+,29-27-,30-28+,33-32-,36-35-,43-40+,57-54-. The molecule has 0 rings (SSSR count). The zero-order chi connectivity index (χ0) is 55.7. The predicted molar refractivity (Wildman–Crippen MR) is 327 cm³/mol. The predicted octanol–water partition coefficient (Wildman–Crippen LogP) is 18.7. The normalized spacial score (nSPS) is 14.6. The van der Waals surface area contributed by atoms with Crippen LogP contribution in [-0.2, 0) is 27.9 Å². The van der Waals surface area contributed by atoms with Gasteiger partial charge >= 0.3 is 13.8 Å². The van der Waals surface area contributed by atoms with E-state index in [1.807, 2.05) is 33.3 Å². The van der Waals surface area contributed by atoms with E-state index in [9.17, 15) is 19.0 Å². The lowest BCUT2D eigenvalue weighted by molar-refractivity contribution is -0.870. The summed E-state index contributed by atoms with van der Waals surface area (Å²) in [6.07, 6.45) is 76.3. The molecule has 9 nitrogen and oxygen atoms in total. The Balaban J connectivity index is 5.28. The summed E-state index contributed by atoms with van der Waals surface area (Å²) in [7, 11) is 1.45. The molecule has 76 heavy (non-hydrogen) atoms. The largest absolute Gasteiger partial charge is 0.472 e. The summed E-state index contributed by atoms with van der Waals surface area (Å²) in [5, 5.41) is 3.03. The Morgan fingerprint density at radius 3 is 1.28 bits per heavy atom. The number of ether oxygens (including phenoxy) is 1. The summed E-state index contributed by atoms with van der Waals surface area (Å²) >= 11 is 0. The Hall–Kier alpha value is -3.59. The minimum atomic E-state index is -4.47. The van der Waals surface area contributed by atoms with Crippen molar-refractivity contribution in [3.8, 4) is 0 Å². The molecule has 0 aliphatic rings. The Morgan fingerprint density at radius 2 is 0.842 bits per heavy atom. The molecule has 0 aromatic carbocycles. The van der Waals surface area contributed by atoms with E-state index in [-0.39, 0.29) is 37.9 Å². The van der Waals surface area contributed by atoms with Crippen molar-refractivity contribution < 1.29 is 37.3 Å². The van der Waals surface area contributed by atoms with Crippen molar-refractivity contribution in [3.63, 3.8) is 0 Å². The maximum atomic E-state index is 13.5. The number of nitrogens with zero attached hydrogens (tertiary/aromatic N) is 1. The summed E-state index contributed by atoms with van der Waals surface area (Å²) in [5.74, 6) is -0.564. The van der Waals surface area contributed by atoms with Gasteiger partial charge in [0.2, 0.25) is 5.91 Å². The third-order valence-electron chi connectivity index (χ3n) is 12.6. The van der Waals surface area contributed by atoms with Crippen LogP contribution in [0.4, 0.5) is 0 Å². The van der Waals surface area contributed by atoms with Gasteiger partial charge in [0, 0.05) is 12.8 Å². The molecular formula is C66H114N2O7P+. The number of hydrogen-bond donors (Lipinski definition) is 2. The Morgan fingerprint density at radius 1 is 0.474 bits per heavy atom. The first-order valence-corrected chi connectivity index (χ1v) is 31.9. The SMILES string of the molecule is CC/C=C\C/C=C\C/C=C\C/C=C\C/C=C\CCCCCCCCCC(=O)OC(/C=C\CCCCCCCCCCC)C(COP(=O)(O)OCC[N+](C)(C)C)NC(=O)CCCCC/C=C/C/C=C/C/C=C/C/C=C/CC. The topological polar surface area (TPSA) is 111 Å². The van der Waals surface area contributed by atoms with Gasteiger partial charge in [-0.05, 0) is 115 Å². The van der Waals surface area contributed by atoms with Crippen molar-refractivity contribution in [3.05, 3.63) is 122 Å². The fourth-order valence-corrected chi connectivity index (χ4v) is 8.75. The van der Waals surface area contributed by atoms with Crippen LogP contribution in [0.1, 0.15) is 233 Å². The van der Waals surface area contributed by atoms with Gasteiger partial charge in [-0.2, -0.15) is 0 Å². The summed E-state index contributed by atoms with van der Waals surface area (Å²) in [5.41, 5.74) is 0. The minimum Gasteiger partial charge on any atom is -0.456 e. The molecule has 0 saturated carbocycles. The van der Waals surface area contributed by atoms with Crippen molar-refractivity contribution in [2.75, 3.05) is 40.9 Å². The number of amides is 1. The summed E-state index contributed by atoms with van der Waals surface area (Å²) < 4.78 is 30.6. The highest BCUT2D eigenvalue weighted by Gasteiger charge is 2.30. The first-order valence-electron chi connectivity index (χ1n) is 30.4. The van der Waals surface area contributed by atoms with Crippen molar-refractivity contribution >= 4 is 19.7 Å². The van der Waals surface area contributed by atoms with Gasteiger partial charge in [0.15, 0.2) is 0 Å². The van der Waals surface area contributed by atoms with Gasteiger partial charge in [-0.3, -0.25) is 18.6 Å². The monoisotopic (exact) mass is 1080 g/mol. The molecule has 0 aliphatic heterocycles. The first-order chi connectivity index (χ1) is 36.9. The first kappa shape index (κ1) is 72.4. The van der Waals surface area contributed by atoms with Crippen LogP contribution in [0.25, 0.3) is 0 Å². The molecule has 434 valence electrons. The van der Waals surface area contributed by atoms with E-state index in [0.717, 1.165) is 122 Å². The number of nitrogens with one attached hydrogen (secondary N) is 1. The molecule has 0 fully saturated rings. The molecule has 2 N–H and O–H groups in total. The maximum Gasteiger partial charge on any atom is 0.472 e. The molecule has 0 heterocycles. The van der Waals surface area contributed by atoms with Gasteiger partial charge < -0.3 is 19.4 Å². The lowest BCUT2D eigenvalue weighted by atomic mass is 10.1. The van der Waals surface area contributed by atoms with Crippen molar-refractivity contribution in [2.24, 2.45) is 0 Å². The quantitative estimate of drug-likeness (QED) is 0.0205. The molecule has 1 amide bonds. The molecule has 0 saturated heterocycles. The second-order valence-electron chi connectivity index (χ2n) is 21.1. The molecule has 0 aromatic heterocycles. The zero-order valence-electron chi connectivity index (χ0n) is 49.4. The van der Waals surface area contributed by atoms with E-state index in [0.29, 0.717) is 23.9 Å². The molecular weight excluding hydrogens is 964 g/mol. The van der Waals surface area contributed by atoms with E-state index in [4.69, 9.17) is 13.8 Å². The molecule has 3 atom stereocenters. The highest BCUT2D eigenvalue weighted by Crippen LogP contribution is 2.43. The number of allylic oxidation sites excluding steroid dienone is 19. The number of carbonyl (C=O) groups is 2. The van der Waals surface area contributed by atoms with Crippen LogP contribution in [0.2, 0.25) is 0 Å². The van der Waals surface area contributed by atoms with Crippen LogP contribution in [0.5, 0.6) is 0 Å². The number of phosphoric ester groups is 1. The second kappa shape index (κ2) is 54.8. The van der Waals surface area contributed by atoms with Crippen LogP contribution in [-0.4, -0.2) is 74.3 Å². The lowest BCUT2D eigenvalue weighted by Gasteiger charge is -2.27. The van der Waals surface area contributed by atoms with Crippen LogP contribution in [0, 0.1) is 0 Å². The van der Waals surface area contributed by atoms with E-state index in [1.54, 1.807) is 0 Å². The van der Waals surface area contributed by atoms with Gasteiger partial charge in [-0.1, -0.05) is 226 Å². The summed E-state index contributed by atoms with van der Waals surface area (Å²) in [6, 6.07) is -0.878. The molecule has 0 radical (unpaired) electrons. The number of unbranched alkanes of at least 4 members (excludes halogenated alkanes) is 19. The highest BCUT2D eigenvalue weighted by molar-refractivity contribution is 7.47. The number of esters is 1. The van der Waals surface area contributed by atoms with Gasteiger partial charge in [0.05, 0.1) is 33.8 Å². The third-order valence-corrected chi connectivity index (χ3v) is 13.6. The van der Waals surface area contributed by atoms with Gasteiger partial charge in [-0.25, -0.2) is 4.57 Å². The summed E-state index contributed by atoms with van der Waals surface area (Å²) in [4.78, 5) is 37.7. The second-order valence-corrected chi connectivity index (χ2v) is 22.6. The van der Waals surface area contributed by atoms with Crippen LogP contribution < -0.4 is 5.32 Å². The Kier molecular flexibility index (Phi) is 52.2. The number of hydrogen-bond acceptors (Lipinski definition) is 6. The zero-order valence-corrected chi connectivity index (χ0v) is 50.3. The number of quaternary nitrogens is 1. The Bertz CT molecular complexity index is 1720. The van der Waals surface area contributed by atoms with Gasteiger partial charge in [0.25, 0.3) is 0 Å². The number of phosphoric acid groups is 1. The highest BCUT2D eigenvalue weighted by atomic mass is 31.2. The lowest BCUT2D eigenvalue weighted by Crippen LogP contribution is -2.47. The number of rotatable bonds is 53. The fourth-order valence-electron chi connectivity index (χ4n) is 8.01. The van der Waals surface area contributed by atoms with Crippen LogP contribution in [0.15, 0.2) is 122 Å². The van der Waals surface area contributed by atoms with Crippen LogP contribution in [0.3, 0.4) is 0 Å². The maximum absolute atomic E-state index is 13.5. The molecule has 10 heteroatoms. The molecule has 0 spiro atoms. The van der Waals surface area contributed by atoms with E-state index in [2.05, 4.69) is 135 Å². The molecule has 0 aliphatic carbocycles. The number of likely N-dealkylation sites (N-methyl/N-ethyl adjacent to an activating group) is 1. The van der Waals surface area contributed by atoms with E-state index in [1.165, 1.54) is 64.2 Å². The van der Waals surface area contributed by atoms with E-state index < -0.39 is 20.0 Å². The van der Waals surface area contributed by atoms with E-state index >= 15 is 0 Å². The molecule has 0 bridgehead atoms. The average molecular weight is 1080 g/mol. The van der Waals surface area contributed by atoms with Gasteiger partial charge in [-0.15, -0.1) is 0 Å². The van der Waals surface area contributed by atoms with Crippen LogP contribution >= 0.6 is 7.82 Å². The molecule has 0 aromatic rings. The third kappa shape index (κ3) is 55.2. The fraction of sp³-hybridized carbons (Fsp3) is 0.667. The average Bonchev–Trinajstić information content (AvgIpc) is 3.38.